The molecule has 1 amide bonds. The highest BCUT2D eigenvalue weighted by molar-refractivity contribution is 7.94. The maximum Gasteiger partial charge on any atom is 0.257 e. The smallest absolute Gasteiger partial charge is 0.257 e. The van der Waals surface area contributed by atoms with Gasteiger partial charge in [0, 0.05) is 30.8 Å². The van der Waals surface area contributed by atoms with Gasteiger partial charge in [0.1, 0.15) is 11.4 Å². The Hall–Kier alpha value is -3.54. The molecular formula is C28H27F3N2O5S. The maximum absolute atomic E-state index is 15.3. The fourth-order valence-electron chi connectivity index (χ4n) is 4.32. The van der Waals surface area contributed by atoms with Crippen LogP contribution in [0.2, 0.25) is 0 Å². The SMILES string of the molecule is COC(C(=O)N(Cc1ccnc(C(C)(C)O)c1)[C@@H]1C=CS(=O)(=O)C1)c1ccc(-c2ccc(F)c(F)c2)cc1F. The van der Waals surface area contributed by atoms with Crippen LogP contribution in [0.4, 0.5) is 13.2 Å². The second-order valence-electron chi connectivity index (χ2n) is 9.78. The van der Waals surface area contributed by atoms with Crippen molar-refractivity contribution in [3.05, 3.63) is 100 Å². The summed E-state index contributed by atoms with van der Waals surface area (Å²) in [6.45, 7) is 3.05. The molecule has 1 aliphatic heterocycles. The predicted molar refractivity (Wildman–Crippen MR) is 138 cm³/mol. The molecule has 0 radical (unpaired) electrons. The zero-order valence-electron chi connectivity index (χ0n) is 21.4. The Morgan fingerprint density at radius 2 is 1.74 bits per heavy atom. The van der Waals surface area contributed by atoms with Gasteiger partial charge >= 0.3 is 0 Å². The minimum atomic E-state index is -3.54. The van der Waals surface area contributed by atoms with Gasteiger partial charge in [0.05, 0.1) is 17.5 Å². The van der Waals surface area contributed by atoms with E-state index >= 15 is 4.39 Å². The van der Waals surface area contributed by atoms with Crippen LogP contribution in [-0.4, -0.2) is 48.2 Å². The summed E-state index contributed by atoms with van der Waals surface area (Å²) in [4.78, 5) is 19.2. The third kappa shape index (κ3) is 6.38. The molecule has 1 unspecified atom stereocenters. The average molecular weight is 561 g/mol. The lowest BCUT2D eigenvalue weighted by Crippen LogP contribution is -2.43. The monoisotopic (exact) mass is 560 g/mol. The first kappa shape index (κ1) is 28.5. The fourth-order valence-corrected chi connectivity index (χ4v) is 5.62. The van der Waals surface area contributed by atoms with E-state index in [-0.39, 0.29) is 29.0 Å². The molecule has 2 atom stereocenters. The van der Waals surface area contributed by atoms with E-state index in [0.717, 1.165) is 23.6 Å². The fraction of sp³-hybridized carbons (Fsp3) is 0.286. The van der Waals surface area contributed by atoms with Gasteiger partial charge in [-0.15, -0.1) is 0 Å². The first-order chi connectivity index (χ1) is 18.3. The lowest BCUT2D eigenvalue weighted by molar-refractivity contribution is -0.144. The van der Waals surface area contributed by atoms with E-state index in [9.17, 15) is 27.1 Å². The largest absolute Gasteiger partial charge is 0.384 e. The third-order valence-electron chi connectivity index (χ3n) is 6.39. The van der Waals surface area contributed by atoms with E-state index in [1.807, 2.05) is 0 Å². The molecule has 0 fully saturated rings. The molecule has 7 nitrogen and oxygen atoms in total. The van der Waals surface area contributed by atoms with Crippen LogP contribution < -0.4 is 0 Å². The number of carbonyl (C=O) groups is 1. The van der Waals surface area contributed by atoms with Gasteiger partial charge in [0.2, 0.25) is 0 Å². The number of benzene rings is 2. The van der Waals surface area contributed by atoms with Crippen LogP contribution >= 0.6 is 0 Å². The van der Waals surface area contributed by atoms with E-state index in [2.05, 4.69) is 4.98 Å². The summed E-state index contributed by atoms with van der Waals surface area (Å²) < 4.78 is 72.1. The number of ether oxygens (including phenoxy) is 1. The van der Waals surface area contributed by atoms with E-state index < -0.39 is 50.9 Å². The number of pyridine rings is 1. The molecule has 206 valence electrons. The summed E-state index contributed by atoms with van der Waals surface area (Å²) in [6, 6.07) is 9.41. The molecule has 0 aliphatic carbocycles. The van der Waals surface area contributed by atoms with Gasteiger partial charge in [-0.2, -0.15) is 0 Å². The number of rotatable bonds is 8. The molecule has 0 saturated heterocycles. The van der Waals surface area contributed by atoms with Crippen LogP contribution in [0.5, 0.6) is 0 Å². The number of hydrogen-bond acceptors (Lipinski definition) is 6. The second-order valence-corrected chi connectivity index (χ2v) is 11.7. The van der Waals surface area contributed by atoms with Crippen molar-refractivity contribution in [2.75, 3.05) is 12.9 Å². The minimum Gasteiger partial charge on any atom is -0.384 e. The Labute approximate surface area is 224 Å². The summed E-state index contributed by atoms with van der Waals surface area (Å²) in [7, 11) is -2.32. The summed E-state index contributed by atoms with van der Waals surface area (Å²) >= 11 is 0. The van der Waals surface area contributed by atoms with Crippen LogP contribution in [0.25, 0.3) is 11.1 Å². The van der Waals surface area contributed by atoms with Gasteiger partial charge in [0.25, 0.3) is 5.91 Å². The quantitative estimate of drug-likeness (QED) is 0.438. The van der Waals surface area contributed by atoms with Crippen LogP contribution in [0.15, 0.2) is 66.2 Å². The zero-order chi connectivity index (χ0) is 28.5. The molecule has 2 heterocycles. The molecule has 11 heteroatoms. The number of methoxy groups -OCH3 is 1. The van der Waals surface area contributed by atoms with Crippen molar-refractivity contribution < 1.29 is 36.2 Å². The van der Waals surface area contributed by atoms with Crippen LogP contribution in [0.3, 0.4) is 0 Å². The zero-order valence-corrected chi connectivity index (χ0v) is 22.3. The highest BCUT2D eigenvalue weighted by Gasteiger charge is 2.36. The number of carbonyl (C=O) groups excluding carboxylic acids is 1. The van der Waals surface area contributed by atoms with Gasteiger partial charge in [-0.3, -0.25) is 9.78 Å². The topological polar surface area (TPSA) is 96.8 Å². The molecule has 0 spiro atoms. The van der Waals surface area contributed by atoms with Gasteiger partial charge in [-0.1, -0.05) is 18.2 Å². The Bertz CT molecular complexity index is 1540. The molecule has 1 aliphatic rings. The predicted octanol–water partition coefficient (Wildman–Crippen LogP) is 4.42. The molecule has 0 bridgehead atoms. The minimum absolute atomic E-state index is 0.0661. The molecule has 3 aromatic rings. The van der Waals surface area contributed by atoms with Gasteiger partial charge < -0.3 is 14.7 Å². The lowest BCUT2D eigenvalue weighted by Gasteiger charge is -2.31. The van der Waals surface area contributed by atoms with Gasteiger partial charge in [-0.25, -0.2) is 21.6 Å². The summed E-state index contributed by atoms with van der Waals surface area (Å²) in [5.41, 5.74) is 0.0456. The number of aromatic nitrogens is 1. The van der Waals surface area contributed by atoms with Crippen molar-refractivity contribution in [1.29, 1.82) is 0 Å². The van der Waals surface area contributed by atoms with Crippen LogP contribution in [-0.2, 0) is 31.5 Å². The molecule has 1 aromatic heterocycles. The van der Waals surface area contributed by atoms with Crippen molar-refractivity contribution in [1.82, 2.24) is 9.88 Å². The van der Waals surface area contributed by atoms with Crippen molar-refractivity contribution in [2.24, 2.45) is 0 Å². The number of halogens is 3. The summed E-state index contributed by atoms with van der Waals surface area (Å²) in [5, 5.41) is 11.4. The van der Waals surface area contributed by atoms with Crippen molar-refractivity contribution in [3.63, 3.8) is 0 Å². The molecule has 0 saturated carbocycles. The highest BCUT2D eigenvalue weighted by atomic mass is 32.2. The summed E-state index contributed by atoms with van der Waals surface area (Å²) in [6.07, 6.45) is 1.42. The first-order valence-corrected chi connectivity index (χ1v) is 13.7. The molecule has 39 heavy (non-hydrogen) atoms. The van der Waals surface area contributed by atoms with E-state index in [1.165, 1.54) is 42.5 Å². The van der Waals surface area contributed by atoms with Crippen molar-refractivity contribution >= 4 is 15.7 Å². The second kappa shape index (κ2) is 10.9. The van der Waals surface area contributed by atoms with Crippen molar-refractivity contribution in [2.45, 2.75) is 38.1 Å². The number of amides is 1. The number of hydrogen-bond donors (Lipinski definition) is 1. The van der Waals surface area contributed by atoms with Gasteiger partial charge in [0.15, 0.2) is 27.6 Å². The molecule has 4 rings (SSSR count). The summed E-state index contributed by atoms with van der Waals surface area (Å²) in [5.74, 6) is -3.98. The average Bonchev–Trinajstić information content (AvgIpc) is 3.24. The van der Waals surface area contributed by atoms with Gasteiger partial charge in [-0.05, 0) is 66.9 Å². The van der Waals surface area contributed by atoms with E-state index in [1.54, 1.807) is 26.0 Å². The Kier molecular flexibility index (Phi) is 7.97. The Morgan fingerprint density at radius 3 is 2.31 bits per heavy atom. The lowest BCUT2D eigenvalue weighted by atomic mass is 9.99. The standard InChI is InChI=1S/C28H27F3N2O5S/c1-28(2,35)25-12-17(8-10-32-25)15-33(20-9-11-39(36,37)16-20)27(34)26(38-3)21-6-4-18(13-23(21)30)19-5-7-22(29)24(31)14-19/h4-14,20,26,35H,15-16H2,1-3H3/t20-,26?/m1/s1. The first-order valence-electron chi connectivity index (χ1n) is 12.0. The number of aliphatic hydroxyl groups is 1. The Morgan fingerprint density at radius 1 is 1.08 bits per heavy atom. The highest BCUT2D eigenvalue weighted by Crippen LogP contribution is 2.31. The maximum atomic E-state index is 15.3. The number of nitrogens with zero attached hydrogens (tertiary/aromatic N) is 2. The van der Waals surface area contributed by atoms with E-state index in [4.69, 9.17) is 4.74 Å². The molecule has 1 N–H and O–H groups in total. The van der Waals surface area contributed by atoms with E-state index in [0.29, 0.717) is 11.3 Å². The third-order valence-corrected chi connectivity index (χ3v) is 7.77. The normalized spacial score (nSPS) is 17.3. The van der Waals surface area contributed by atoms with Crippen LogP contribution in [0.1, 0.15) is 36.8 Å². The molecule has 2 aromatic carbocycles. The number of sulfone groups is 1. The van der Waals surface area contributed by atoms with Crippen LogP contribution in [0, 0.1) is 17.5 Å². The molecular weight excluding hydrogens is 533 g/mol. The van der Waals surface area contributed by atoms with Crippen molar-refractivity contribution in [3.8, 4) is 11.1 Å². The Balaban J connectivity index is 1.68.